The van der Waals surface area contributed by atoms with E-state index in [0.717, 1.165) is 0 Å². The molecule has 3 heteroatoms. The molecule has 0 aromatic heterocycles. The molecule has 1 rings (SSSR count). The first kappa shape index (κ1) is 9.71. The van der Waals surface area contributed by atoms with E-state index in [-0.39, 0.29) is 18.2 Å². The molecule has 0 radical (unpaired) electrons. The molecule has 0 spiro atoms. The average molecular weight is 182 g/mol. The van der Waals surface area contributed by atoms with E-state index >= 15 is 0 Å². The van der Waals surface area contributed by atoms with Gasteiger partial charge in [0.15, 0.2) is 0 Å². The third-order valence-corrected chi connectivity index (χ3v) is 1.94. The second-order valence-corrected chi connectivity index (χ2v) is 2.78. The van der Waals surface area contributed by atoms with Crippen LogP contribution >= 0.6 is 0 Å². The van der Waals surface area contributed by atoms with Gasteiger partial charge in [0.1, 0.15) is 5.82 Å². The highest BCUT2D eigenvalue weighted by Gasteiger charge is 2.07. The Bertz CT molecular complexity index is 321. The number of ether oxygens (including phenoxy) is 1. The van der Waals surface area contributed by atoms with E-state index in [0.29, 0.717) is 11.1 Å². The van der Waals surface area contributed by atoms with Crippen LogP contribution < -0.4 is 0 Å². The first-order valence-electron chi connectivity index (χ1n) is 3.96. The van der Waals surface area contributed by atoms with Crippen molar-refractivity contribution in [2.45, 2.75) is 13.3 Å². The van der Waals surface area contributed by atoms with Gasteiger partial charge in [0.05, 0.1) is 13.5 Å². The third-order valence-electron chi connectivity index (χ3n) is 1.94. The van der Waals surface area contributed by atoms with Gasteiger partial charge in [-0.15, -0.1) is 0 Å². The quantitative estimate of drug-likeness (QED) is 0.652. The predicted molar refractivity (Wildman–Crippen MR) is 46.9 cm³/mol. The summed E-state index contributed by atoms with van der Waals surface area (Å²) in [5.41, 5.74) is 1.18. The number of esters is 1. The minimum absolute atomic E-state index is 0.125. The maximum absolute atomic E-state index is 13.0. The third kappa shape index (κ3) is 2.28. The van der Waals surface area contributed by atoms with Gasteiger partial charge in [-0.2, -0.15) is 0 Å². The van der Waals surface area contributed by atoms with E-state index in [1.807, 2.05) is 0 Å². The predicted octanol–water partition coefficient (Wildman–Crippen LogP) is 1.85. The van der Waals surface area contributed by atoms with E-state index in [9.17, 15) is 9.18 Å². The zero-order valence-corrected chi connectivity index (χ0v) is 7.63. The molecule has 0 amide bonds. The van der Waals surface area contributed by atoms with Crippen molar-refractivity contribution in [3.05, 3.63) is 35.1 Å². The van der Waals surface area contributed by atoms with Crippen LogP contribution in [0.5, 0.6) is 0 Å². The summed E-state index contributed by atoms with van der Waals surface area (Å²) in [6, 6.07) is 4.67. The van der Waals surface area contributed by atoms with Crippen LogP contribution in [0, 0.1) is 12.7 Å². The molecular weight excluding hydrogens is 171 g/mol. The number of hydrogen-bond acceptors (Lipinski definition) is 2. The smallest absolute Gasteiger partial charge is 0.309 e. The van der Waals surface area contributed by atoms with Crippen molar-refractivity contribution < 1.29 is 13.9 Å². The van der Waals surface area contributed by atoms with Crippen molar-refractivity contribution in [1.82, 2.24) is 0 Å². The van der Waals surface area contributed by atoms with Gasteiger partial charge in [-0.25, -0.2) is 4.39 Å². The van der Waals surface area contributed by atoms with Crippen LogP contribution in [0.15, 0.2) is 18.2 Å². The fraction of sp³-hybridized carbons (Fsp3) is 0.300. The summed E-state index contributed by atoms with van der Waals surface area (Å²) < 4.78 is 17.5. The van der Waals surface area contributed by atoms with Crippen molar-refractivity contribution >= 4 is 5.97 Å². The Morgan fingerprint density at radius 2 is 2.23 bits per heavy atom. The van der Waals surface area contributed by atoms with Crippen molar-refractivity contribution in [3.63, 3.8) is 0 Å². The van der Waals surface area contributed by atoms with Gasteiger partial charge in [0.2, 0.25) is 0 Å². The SMILES string of the molecule is COC(=O)Cc1cccc(F)c1C. The lowest BCUT2D eigenvalue weighted by Crippen LogP contribution is -2.06. The molecule has 1 aromatic carbocycles. The molecule has 0 aliphatic heterocycles. The van der Waals surface area contributed by atoms with Gasteiger partial charge in [0, 0.05) is 0 Å². The normalized spacial score (nSPS) is 9.77. The number of hydrogen-bond donors (Lipinski definition) is 0. The summed E-state index contributed by atoms with van der Waals surface area (Å²) >= 11 is 0. The molecule has 0 aliphatic carbocycles. The molecule has 0 heterocycles. The number of rotatable bonds is 2. The van der Waals surface area contributed by atoms with Crippen LogP contribution in [-0.4, -0.2) is 13.1 Å². The maximum Gasteiger partial charge on any atom is 0.309 e. The van der Waals surface area contributed by atoms with Crippen molar-refractivity contribution in [2.24, 2.45) is 0 Å². The molecule has 1 aromatic rings. The number of carbonyl (C=O) groups excluding carboxylic acids is 1. The molecule has 0 saturated carbocycles. The fourth-order valence-corrected chi connectivity index (χ4v) is 1.07. The highest BCUT2D eigenvalue weighted by molar-refractivity contribution is 5.72. The van der Waals surface area contributed by atoms with Gasteiger partial charge in [-0.3, -0.25) is 4.79 Å². The molecule has 13 heavy (non-hydrogen) atoms. The molecular formula is C10H11FO2. The lowest BCUT2D eigenvalue weighted by Gasteiger charge is -2.04. The Balaban J connectivity index is 2.89. The van der Waals surface area contributed by atoms with Crippen LogP contribution in [0.2, 0.25) is 0 Å². The van der Waals surface area contributed by atoms with E-state index in [1.54, 1.807) is 19.1 Å². The summed E-state index contributed by atoms with van der Waals surface area (Å²) in [5, 5.41) is 0. The maximum atomic E-state index is 13.0. The van der Waals surface area contributed by atoms with Gasteiger partial charge in [-0.1, -0.05) is 12.1 Å². The molecule has 0 aliphatic rings. The summed E-state index contributed by atoms with van der Waals surface area (Å²) in [4.78, 5) is 10.9. The number of carbonyl (C=O) groups is 1. The Kier molecular flexibility index (Phi) is 3.01. The summed E-state index contributed by atoms with van der Waals surface area (Å²) in [6.45, 7) is 1.65. The molecule has 0 bridgehead atoms. The Morgan fingerprint density at radius 1 is 1.54 bits per heavy atom. The molecule has 0 saturated heterocycles. The van der Waals surface area contributed by atoms with Crippen LogP contribution in [0.3, 0.4) is 0 Å². The number of methoxy groups -OCH3 is 1. The zero-order valence-electron chi connectivity index (χ0n) is 7.63. The summed E-state index contributed by atoms with van der Waals surface area (Å²) in [5.74, 6) is -0.643. The molecule has 0 unspecified atom stereocenters. The van der Waals surface area contributed by atoms with Crippen molar-refractivity contribution in [1.29, 1.82) is 0 Å². The average Bonchev–Trinajstić information content (AvgIpc) is 2.13. The highest BCUT2D eigenvalue weighted by Crippen LogP contribution is 2.12. The van der Waals surface area contributed by atoms with Crippen LogP contribution in [0.1, 0.15) is 11.1 Å². The van der Waals surface area contributed by atoms with E-state index in [1.165, 1.54) is 13.2 Å². The Hall–Kier alpha value is -1.38. The molecule has 70 valence electrons. The zero-order chi connectivity index (χ0) is 9.84. The largest absolute Gasteiger partial charge is 0.469 e. The monoisotopic (exact) mass is 182 g/mol. The van der Waals surface area contributed by atoms with Gasteiger partial charge in [-0.05, 0) is 24.1 Å². The van der Waals surface area contributed by atoms with Crippen LogP contribution in [0.4, 0.5) is 4.39 Å². The molecule has 0 atom stereocenters. The lowest BCUT2D eigenvalue weighted by atomic mass is 10.1. The summed E-state index contributed by atoms with van der Waals surface area (Å²) in [6.07, 6.45) is 0.125. The summed E-state index contributed by atoms with van der Waals surface area (Å²) in [7, 11) is 1.32. The first-order chi connectivity index (χ1) is 6.15. The van der Waals surface area contributed by atoms with E-state index in [4.69, 9.17) is 0 Å². The van der Waals surface area contributed by atoms with Crippen LogP contribution in [0.25, 0.3) is 0 Å². The second kappa shape index (κ2) is 4.03. The first-order valence-corrected chi connectivity index (χ1v) is 3.96. The Labute approximate surface area is 76.3 Å². The standard InChI is InChI=1S/C10H11FO2/c1-7-8(6-10(12)13-2)4-3-5-9(7)11/h3-5H,6H2,1-2H3. The number of halogens is 1. The van der Waals surface area contributed by atoms with Gasteiger partial charge < -0.3 is 4.74 Å². The number of benzene rings is 1. The minimum Gasteiger partial charge on any atom is -0.469 e. The van der Waals surface area contributed by atoms with E-state index < -0.39 is 0 Å². The van der Waals surface area contributed by atoms with Gasteiger partial charge >= 0.3 is 5.97 Å². The van der Waals surface area contributed by atoms with Crippen LogP contribution in [-0.2, 0) is 16.0 Å². The molecule has 2 nitrogen and oxygen atoms in total. The van der Waals surface area contributed by atoms with Gasteiger partial charge in [0.25, 0.3) is 0 Å². The highest BCUT2D eigenvalue weighted by atomic mass is 19.1. The van der Waals surface area contributed by atoms with Crippen molar-refractivity contribution in [2.75, 3.05) is 7.11 Å². The topological polar surface area (TPSA) is 26.3 Å². The second-order valence-electron chi connectivity index (χ2n) is 2.78. The van der Waals surface area contributed by atoms with E-state index in [2.05, 4.69) is 4.74 Å². The fourth-order valence-electron chi connectivity index (χ4n) is 1.07. The lowest BCUT2D eigenvalue weighted by molar-refractivity contribution is -0.139. The molecule has 0 N–H and O–H groups in total. The minimum atomic E-state index is -0.353. The Morgan fingerprint density at radius 3 is 2.85 bits per heavy atom. The van der Waals surface area contributed by atoms with Crippen molar-refractivity contribution in [3.8, 4) is 0 Å². The molecule has 0 fully saturated rings.